The second-order valence-electron chi connectivity index (χ2n) is 17.9. The quantitative estimate of drug-likeness (QED) is 0.164. The fourth-order valence-corrected chi connectivity index (χ4v) is 15.2. The highest BCUT2D eigenvalue weighted by Crippen LogP contribution is 2.68. The zero-order valence-electron chi connectivity index (χ0n) is 36.6. The Bertz CT molecular complexity index is 4180. The lowest BCUT2D eigenvalue weighted by Crippen LogP contribution is -2.26. The van der Waals surface area contributed by atoms with Crippen LogP contribution in [0.15, 0.2) is 231 Å². The molecule has 318 valence electrons. The second kappa shape index (κ2) is 14.6. The zero-order valence-corrected chi connectivity index (χ0v) is 39.0. The van der Waals surface area contributed by atoms with E-state index in [1.54, 1.807) is 0 Å². The Hall–Kier alpha value is -7.80. The third kappa shape index (κ3) is 5.32. The summed E-state index contributed by atoms with van der Waals surface area (Å²) in [5.74, 6) is 0. The maximum atomic E-state index is 2.50. The minimum atomic E-state index is -0.549. The van der Waals surface area contributed by atoms with Crippen LogP contribution in [0.1, 0.15) is 22.3 Å². The highest BCUT2D eigenvalue weighted by Gasteiger charge is 2.54. The van der Waals surface area contributed by atoms with E-state index in [0.717, 1.165) is 28.4 Å². The number of hydrogen-bond acceptors (Lipinski definition) is 5. The number of hydrogen-bond donors (Lipinski definition) is 0. The zero-order chi connectivity index (χ0) is 44.5. The molecule has 68 heavy (non-hydrogen) atoms. The van der Waals surface area contributed by atoms with E-state index in [-0.39, 0.29) is 0 Å². The monoisotopic (exact) mass is 918 g/mol. The first-order chi connectivity index (χ1) is 33.7. The van der Waals surface area contributed by atoms with Gasteiger partial charge in [0.05, 0.1) is 11.1 Å². The van der Waals surface area contributed by atoms with Crippen LogP contribution in [0.3, 0.4) is 0 Å². The van der Waals surface area contributed by atoms with E-state index >= 15 is 0 Å². The van der Waals surface area contributed by atoms with Gasteiger partial charge in [-0.2, -0.15) is 0 Å². The highest BCUT2D eigenvalue weighted by molar-refractivity contribution is 7.26. The minimum Gasteiger partial charge on any atom is -0.310 e. The maximum Gasteiger partial charge on any atom is 0.0740 e. The summed E-state index contributed by atoms with van der Waals surface area (Å²) in [6.45, 7) is 0. The number of benzene rings is 10. The summed E-state index contributed by atoms with van der Waals surface area (Å²) < 4.78 is 6.55. The van der Waals surface area contributed by atoms with Gasteiger partial charge in [-0.1, -0.05) is 133 Å². The van der Waals surface area contributed by atoms with Crippen molar-refractivity contribution in [2.45, 2.75) is 5.41 Å². The molecular weight excluding hydrogens is 881 g/mol. The van der Waals surface area contributed by atoms with E-state index in [1.807, 2.05) is 34.0 Å². The second-order valence-corrected chi connectivity index (χ2v) is 21.1. The van der Waals surface area contributed by atoms with Crippen molar-refractivity contribution in [3.05, 3.63) is 253 Å². The summed E-state index contributed by atoms with van der Waals surface area (Å²) in [6, 6.07) is 86.2. The van der Waals surface area contributed by atoms with Crippen LogP contribution in [-0.2, 0) is 5.41 Å². The number of nitrogens with zero attached hydrogens (tertiary/aromatic N) is 2. The van der Waals surface area contributed by atoms with Gasteiger partial charge in [0.15, 0.2) is 0 Å². The van der Waals surface area contributed by atoms with E-state index < -0.39 is 5.41 Å². The van der Waals surface area contributed by atoms with Gasteiger partial charge in [0.25, 0.3) is 0 Å². The van der Waals surface area contributed by atoms with Crippen molar-refractivity contribution < 1.29 is 0 Å². The molecule has 0 fully saturated rings. The molecule has 2 nitrogen and oxygen atoms in total. The number of thiophene rings is 3. The van der Waals surface area contributed by atoms with Crippen LogP contribution in [0, 0.1) is 0 Å². The fraction of sp³-hybridized carbons (Fsp3) is 0.0159. The fourth-order valence-electron chi connectivity index (χ4n) is 11.7. The first-order valence-electron chi connectivity index (χ1n) is 23.2. The van der Waals surface area contributed by atoms with E-state index in [4.69, 9.17) is 0 Å². The van der Waals surface area contributed by atoms with Crippen LogP contribution in [0.4, 0.5) is 34.1 Å². The predicted molar refractivity (Wildman–Crippen MR) is 293 cm³/mol. The minimum absolute atomic E-state index is 0.549. The van der Waals surface area contributed by atoms with Crippen molar-refractivity contribution in [3.8, 4) is 21.6 Å². The Morgan fingerprint density at radius 1 is 0.294 bits per heavy atom. The third-order valence-corrected chi connectivity index (χ3v) is 17.9. The van der Waals surface area contributed by atoms with Crippen LogP contribution in [0.25, 0.3) is 72.0 Å². The molecule has 0 saturated heterocycles. The molecule has 5 heteroatoms. The maximum absolute atomic E-state index is 2.50. The molecule has 0 N–H and O–H groups in total. The lowest BCUT2D eigenvalue weighted by atomic mass is 9.70. The van der Waals surface area contributed by atoms with E-state index in [0.29, 0.717) is 0 Å². The van der Waals surface area contributed by atoms with Crippen molar-refractivity contribution in [1.29, 1.82) is 0 Å². The lowest BCUT2D eigenvalue weighted by Gasteiger charge is -2.32. The van der Waals surface area contributed by atoms with Gasteiger partial charge in [0, 0.05) is 83.9 Å². The van der Waals surface area contributed by atoms with Crippen molar-refractivity contribution in [1.82, 2.24) is 0 Å². The Morgan fingerprint density at radius 2 is 0.779 bits per heavy atom. The topological polar surface area (TPSA) is 6.48 Å². The number of fused-ring (bicyclic) bond motifs is 18. The normalized spacial score (nSPS) is 14.5. The number of para-hydroxylation sites is 2. The first kappa shape index (κ1) is 38.3. The van der Waals surface area contributed by atoms with Gasteiger partial charge in [0.2, 0.25) is 0 Å². The molecule has 2 aliphatic carbocycles. The summed E-state index contributed by atoms with van der Waals surface area (Å²) in [5, 5.41) is 6.51. The van der Waals surface area contributed by atoms with Gasteiger partial charge in [0.1, 0.15) is 0 Å². The van der Waals surface area contributed by atoms with Gasteiger partial charge >= 0.3 is 0 Å². The van der Waals surface area contributed by atoms with Crippen molar-refractivity contribution >= 4 is 119 Å². The molecule has 1 unspecified atom stereocenters. The summed E-state index contributed by atoms with van der Waals surface area (Å²) >= 11 is 5.67. The number of anilines is 6. The van der Waals surface area contributed by atoms with Crippen LogP contribution >= 0.6 is 34.0 Å². The van der Waals surface area contributed by atoms with Crippen LogP contribution in [0.5, 0.6) is 0 Å². The van der Waals surface area contributed by atoms with Crippen LogP contribution in [0.2, 0.25) is 0 Å². The molecular formula is C63H38N2S3. The van der Waals surface area contributed by atoms with Crippen LogP contribution < -0.4 is 9.80 Å². The Labute approximate surface area is 405 Å². The Kier molecular flexibility index (Phi) is 8.23. The molecule has 1 atom stereocenters. The third-order valence-electron chi connectivity index (χ3n) is 14.4. The molecule has 10 aromatic carbocycles. The van der Waals surface area contributed by atoms with Crippen LogP contribution in [-0.4, -0.2) is 0 Å². The molecule has 3 aromatic heterocycles. The van der Waals surface area contributed by atoms with Crippen molar-refractivity contribution in [2.75, 3.05) is 9.80 Å². The van der Waals surface area contributed by atoms with Gasteiger partial charge in [-0.3, -0.25) is 0 Å². The van der Waals surface area contributed by atoms with Crippen molar-refractivity contribution in [2.24, 2.45) is 0 Å². The standard InChI is InChI=1S/C63H38N2S3/c1-3-16-39(17-4-1)64(42-31-34-58-48(36-42)44-20-8-12-27-55(44)66-58)41-30-33-52-50(38-41)62-61(47-23-10-14-29-57(47)68-62)63(52)51-24-11-7-22-46(51)60-53(63)25-15-26-54(60)65(40-18-5-2-6-19-40)43-32-35-59-49(37-43)45-21-9-13-28-56(45)67-59/h1-38H. The number of rotatable bonds is 6. The molecule has 15 rings (SSSR count). The summed E-state index contributed by atoms with van der Waals surface area (Å²) in [5.41, 5.74) is 15.6. The average Bonchev–Trinajstić information content (AvgIpc) is 4.20. The van der Waals surface area contributed by atoms with E-state index in [2.05, 4.69) is 240 Å². The average molecular weight is 919 g/mol. The van der Waals surface area contributed by atoms with Gasteiger partial charge in [-0.05, 0) is 136 Å². The molecule has 0 bridgehead atoms. The van der Waals surface area contributed by atoms with Gasteiger partial charge in [-0.25, -0.2) is 0 Å². The largest absolute Gasteiger partial charge is 0.310 e. The van der Waals surface area contributed by atoms with E-state index in [9.17, 15) is 0 Å². The Morgan fingerprint density at radius 3 is 1.46 bits per heavy atom. The molecule has 2 aliphatic rings. The first-order valence-corrected chi connectivity index (χ1v) is 25.6. The molecule has 0 aliphatic heterocycles. The summed E-state index contributed by atoms with van der Waals surface area (Å²) in [4.78, 5) is 6.29. The lowest BCUT2D eigenvalue weighted by molar-refractivity contribution is 0.802. The van der Waals surface area contributed by atoms with E-state index in [1.165, 1.54) is 99.9 Å². The Balaban J connectivity index is 0.986. The molecule has 0 radical (unpaired) electrons. The molecule has 0 saturated carbocycles. The summed E-state index contributed by atoms with van der Waals surface area (Å²) in [7, 11) is 0. The molecule has 13 aromatic rings. The highest BCUT2D eigenvalue weighted by atomic mass is 32.1. The molecule has 0 amide bonds. The SMILES string of the molecule is c1ccc(N(c2ccc3c(c2)-c2sc4ccccc4c2C32c3ccccc3-c3c(N(c4ccccc4)c4ccc5sc6ccccc6c5c4)cccc32)c2ccc3sc4ccccc4c3c2)cc1. The summed E-state index contributed by atoms with van der Waals surface area (Å²) in [6.07, 6.45) is 0. The van der Waals surface area contributed by atoms with Gasteiger partial charge < -0.3 is 9.80 Å². The van der Waals surface area contributed by atoms with Gasteiger partial charge in [-0.15, -0.1) is 34.0 Å². The smallest absolute Gasteiger partial charge is 0.0740 e. The molecule has 1 spiro atoms. The predicted octanol–water partition coefficient (Wildman–Crippen LogP) is 18.9. The van der Waals surface area contributed by atoms with Crippen molar-refractivity contribution in [3.63, 3.8) is 0 Å². The molecule has 3 heterocycles.